The molecule has 0 bridgehead atoms. The molecule has 1 aromatic carbocycles. The second-order valence-electron chi connectivity index (χ2n) is 6.41. The van der Waals surface area contributed by atoms with E-state index in [4.69, 9.17) is 11.6 Å². The first-order valence-corrected chi connectivity index (χ1v) is 9.49. The van der Waals surface area contributed by atoms with Crippen molar-refractivity contribution in [3.63, 3.8) is 0 Å². The molecule has 0 saturated heterocycles. The molecule has 6 heteroatoms. The van der Waals surface area contributed by atoms with Crippen LogP contribution in [0.3, 0.4) is 0 Å². The van der Waals surface area contributed by atoms with E-state index in [2.05, 4.69) is 10.6 Å². The zero-order valence-corrected chi connectivity index (χ0v) is 16.2. The molecule has 4 nitrogen and oxygen atoms in total. The molecular formula is C19H23ClN2O2S. The summed E-state index contributed by atoms with van der Waals surface area (Å²) in [6.45, 7) is 6.55. The van der Waals surface area contributed by atoms with Gasteiger partial charge in [0.25, 0.3) is 5.91 Å². The van der Waals surface area contributed by atoms with Crippen LogP contribution < -0.4 is 10.6 Å². The van der Waals surface area contributed by atoms with Crippen LogP contribution in [-0.2, 0) is 11.3 Å². The molecular weight excluding hydrogens is 356 g/mol. The van der Waals surface area contributed by atoms with Gasteiger partial charge in [-0.2, -0.15) is 0 Å². The summed E-state index contributed by atoms with van der Waals surface area (Å²) < 4.78 is 0. The van der Waals surface area contributed by atoms with Crippen molar-refractivity contribution in [2.75, 3.05) is 0 Å². The van der Waals surface area contributed by atoms with Crippen LogP contribution in [0.4, 0.5) is 0 Å². The molecule has 0 aliphatic rings. The summed E-state index contributed by atoms with van der Waals surface area (Å²) in [5.41, 5.74) is 1.65. The van der Waals surface area contributed by atoms with E-state index < -0.39 is 6.04 Å². The predicted octanol–water partition coefficient (Wildman–Crippen LogP) is 4.17. The summed E-state index contributed by atoms with van der Waals surface area (Å²) in [5.74, 6) is -0.154. The fourth-order valence-corrected chi connectivity index (χ4v) is 3.39. The van der Waals surface area contributed by atoms with Gasteiger partial charge in [-0.3, -0.25) is 9.59 Å². The van der Waals surface area contributed by atoms with Crippen LogP contribution in [0.1, 0.15) is 41.1 Å². The molecule has 1 atom stereocenters. The van der Waals surface area contributed by atoms with Crippen LogP contribution in [0.2, 0.25) is 5.02 Å². The van der Waals surface area contributed by atoms with Gasteiger partial charge in [0.1, 0.15) is 6.04 Å². The van der Waals surface area contributed by atoms with Gasteiger partial charge in [0, 0.05) is 15.5 Å². The molecule has 0 aliphatic heterocycles. The highest BCUT2D eigenvalue weighted by molar-refractivity contribution is 7.10. The van der Waals surface area contributed by atoms with Crippen molar-refractivity contribution in [3.8, 4) is 0 Å². The van der Waals surface area contributed by atoms with Crippen LogP contribution in [0, 0.1) is 12.8 Å². The number of thiophene rings is 1. The summed E-state index contributed by atoms with van der Waals surface area (Å²) in [5, 5.41) is 8.34. The van der Waals surface area contributed by atoms with Gasteiger partial charge in [-0.05, 0) is 60.5 Å². The third-order valence-corrected chi connectivity index (χ3v) is 5.10. The van der Waals surface area contributed by atoms with Gasteiger partial charge in [-0.15, -0.1) is 11.3 Å². The lowest BCUT2D eigenvalue weighted by atomic mass is 10.0. The number of rotatable bonds is 7. The van der Waals surface area contributed by atoms with Gasteiger partial charge in [0.05, 0.1) is 6.54 Å². The lowest BCUT2D eigenvalue weighted by Gasteiger charge is -2.20. The lowest BCUT2D eigenvalue weighted by Crippen LogP contribution is -2.47. The highest BCUT2D eigenvalue weighted by Crippen LogP contribution is 2.15. The Balaban J connectivity index is 2.01. The van der Waals surface area contributed by atoms with E-state index >= 15 is 0 Å². The molecule has 2 aromatic rings. The molecule has 0 spiro atoms. The average molecular weight is 379 g/mol. The second-order valence-corrected chi connectivity index (χ2v) is 7.84. The predicted molar refractivity (Wildman–Crippen MR) is 103 cm³/mol. The molecule has 0 saturated carbocycles. The molecule has 1 heterocycles. The van der Waals surface area contributed by atoms with Crippen molar-refractivity contribution < 1.29 is 9.59 Å². The first kappa shape index (κ1) is 19.5. The quantitative estimate of drug-likeness (QED) is 0.759. The zero-order valence-electron chi connectivity index (χ0n) is 14.6. The number of aryl methyl sites for hydroxylation is 1. The van der Waals surface area contributed by atoms with Crippen LogP contribution >= 0.6 is 22.9 Å². The number of carbonyl (C=O) groups excluding carboxylic acids is 2. The first-order valence-electron chi connectivity index (χ1n) is 8.24. The minimum Gasteiger partial charge on any atom is -0.349 e. The third kappa shape index (κ3) is 5.87. The van der Waals surface area contributed by atoms with E-state index in [-0.39, 0.29) is 17.7 Å². The Kier molecular flexibility index (Phi) is 7.02. The zero-order chi connectivity index (χ0) is 18.4. The third-order valence-electron chi connectivity index (χ3n) is 3.83. The Morgan fingerprint density at radius 2 is 1.84 bits per heavy atom. The average Bonchev–Trinajstić information content (AvgIpc) is 2.97. The summed E-state index contributed by atoms with van der Waals surface area (Å²) in [6.07, 6.45) is 0.578. The Morgan fingerprint density at radius 3 is 2.40 bits per heavy atom. The van der Waals surface area contributed by atoms with Crippen LogP contribution in [0.15, 0.2) is 35.7 Å². The molecule has 25 heavy (non-hydrogen) atoms. The number of halogens is 1. The maximum atomic E-state index is 12.6. The van der Waals surface area contributed by atoms with Gasteiger partial charge in [-0.1, -0.05) is 25.4 Å². The smallest absolute Gasteiger partial charge is 0.251 e. The van der Waals surface area contributed by atoms with Crippen molar-refractivity contribution in [2.45, 2.75) is 39.8 Å². The molecule has 1 unspecified atom stereocenters. The van der Waals surface area contributed by atoms with Gasteiger partial charge >= 0.3 is 0 Å². The Morgan fingerprint density at radius 1 is 1.16 bits per heavy atom. The van der Waals surface area contributed by atoms with Crippen LogP contribution in [-0.4, -0.2) is 17.9 Å². The Hall–Kier alpha value is -1.85. The highest BCUT2D eigenvalue weighted by Gasteiger charge is 2.22. The maximum absolute atomic E-state index is 12.6. The van der Waals surface area contributed by atoms with E-state index in [0.29, 0.717) is 23.6 Å². The van der Waals surface area contributed by atoms with Crippen molar-refractivity contribution in [1.82, 2.24) is 10.6 Å². The molecule has 2 N–H and O–H groups in total. The number of nitrogens with one attached hydrogen (secondary N) is 2. The summed E-state index contributed by atoms with van der Waals surface area (Å²) in [4.78, 5) is 26.1. The fourth-order valence-electron chi connectivity index (χ4n) is 2.42. The number of hydrogen-bond donors (Lipinski definition) is 2. The molecule has 2 amide bonds. The number of benzene rings is 1. The normalized spacial score (nSPS) is 12.0. The number of hydrogen-bond acceptors (Lipinski definition) is 3. The first-order chi connectivity index (χ1) is 11.9. The molecule has 0 radical (unpaired) electrons. The monoisotopic (exact) mass is 378 g/mol. The van der Waals surface area contributed by atoms with Crippen molar-refractivity contribution in [2.24, 2.45) is 5.92 Å². The van der Waals surface area contributed by atoms with E-state index in [1.165, 1.54) is 0 Å². The summed E-state index contributed by atoms with van der Waals surface area (Å²) in [7, 11) is 0. The highest BCUT2D eigenvalue weighted by atomic mass is 35.5. The second kappa shape index (κ2) is 9.02. The topological polar surface area (TPSA) is 58.2 Å². The Bertz CT molecular complexity index is 725. The molecule has 134 valence electrons. The Labute approximate surface area is 157 Å². The molecule has 1 aromatic heterocycles. The number of amides is 2. The summed E-state index contributed by atoms with van der Waals surface area (Å²) in [6, 6.07) is 8.08. The molecule has 0 aliphatic carbocycles. The van der Waals surface area contributed by atoms with Crippen molar-refractivity contribution in [1.29, 1.82) is 0 Å². The minimum absolute atomic E-state index is 0.163. The standard InChI is InChI=1S/C19H23ClN2O2S/c1-12(2)10-16(19(24)21-11-17-13(3)8-9-25-17)22-18(23)14-4-6-15(20)7-5-14/h4-9,12,16H,10-11H2,1-3H3,(H,21,24)(H,22,23). The van der Waals surface area contributed by atoms with Crippen LogP contribution in [0.5, 0.6) is 0 Å². The fraction of sp³-hybridized carbons (Fsp3) is 0.368. The minimum atomic E-state index is -0.566. The summed E-state index contributed by atoms with van der Waals surface area (Å²) >= 11 is 7.46. The molecule has 0 fully saturated rings. The van der Waals surface area contributed by atoms with Gasteiger partial charge in [0.15, 0.2) is 0 Å². The van der Waals surface area contributed by atoms with Crippen molar-refractivity contribution >= 4 is 34.8 Å². The SMILES string of the molecule is Cc1ccsc1CNC(=O)C(CC(C)C)NC(=O)c1ccc(Cl)cc1. The van der Waals surface area contributed by atoms with E-state index in [1.807, 2.05) is 32.2 Å². The molecule has 2 rings (SSSR count). The van der Waals surface area contributed by atoms with Crippen molar-refractivity contribution in [3.05, 3.63) is 56.7 Å². The maximum Gasteiger partial charge on any atom is 0.251 e. The van der Waals surface area contributed by atoms with Crippen LogP contribution in [0.25, 0.3) is 0 Å². The lowest BCUT2D eigenvalue weighted by molar-refractivity contribution is -0.123. The van der Waals surface area contributed by atoms with E-state index in [0.717, 1.165) is 10.4 Å². The van der Waals surface area contributed by atoms with Gasteiger partial charge in [-0.25, -0.2) is 0 Å². The van der Waals surface area contributed by atoms with E-state index in [9.17, 15) is 9.59 Å². The van der Waals surface area contributed by atoms with Gasteiger partial charge < -0.3 is 10.6 Å². The van der Waals surface area contributed by atoms with E-state index in [1.54, 1.807) is 35.6 Å². The van der Waals surface area contributed by atoms with Gasteiger partial charge in [0.2, 0.25) is 5.91 Å². The number of carbonyl (C=O) groups is 2. The largest absolute Gasteiger partial charge is 0.349 e.